The van der Waals surface area contributed by atoms with Crippen molar-refractivity contribution >= 4 is 12.1 Å². The van der Waals surface area contributed by atoms with Crippen LogP contribution < -0.4 is 5.32 Å². The molecule has 6 nitrogen and oxygen atoms in total. The largest absolute Gasteiger partial charge is 0.481 e. The Morgan fingerprint density at radius 3 is 2.22 bits per heavy atom. The zero-order chi connectivity index (χ0) is 30.2. The second kappa shape index (κ2) is 10.4. The van der Waals surface area contributed by atoms with Crippen LogP contribution in [0.2, 0.25) is 0 Å². The molecule has 5 rings (SSSR count). The molecule has 5 aliphatic rings. The van der Waals surface area contributed by atoms with Gasteiger partial charge in [0.15, 0.2) is 0 Å². The van der Waals surface area contributed by atoms with Gasteiger partial charge in [-0.2, -0.15) is 0 Å². The van der Waals surface area contributed by atoms with Crippen molar-refractivity contribution in [1.82, 2.24) is 10.2 Å². The van der Waals surface area contributed by atoms with Crippen LogP contribution in [0.4, 0.5) is 4.79 Å². The van der Waals surface area contributed by atoms with Gasteiger partial charge in [0.1, 0.15) is 6.10 Å². The minimum atomic E-state index is -0.513. The third-order valence-electron chi connectivity index (χ3n) is 14.8. The highest BCUT2D eigenvalue weighted by molar-refractivity contribution is 5.76. The lowest BCUT2D eigenvalue weighted by Gasteiger charge is -2.72. The number of alkyl carbamates (subject to hydrolysis) is 1. The van der Waals surface area contributed by atoms with Crippen LogP contribution in [-0.4, -0.2) is 55.4 Å². The molecular formula is C35H60N2O4. The summed E-state index contributed by atoms with van der Waals surface area (Å²) in [6, 6.07) is 0. The van der Waals surface area contributed by atoms with E-state index in [2.05, 4.69) is 58.7 Å². The zero-order valence-corrected chi connectivity index (χ0v) is 27.6. The molecule has 5 saturated carbocycles. The Balaban J connectivity index is 1.40. The summed E-state index contributed by atoms with van der Waals surface area (Å²) in [5.41, 5.74) is 0.0103. The van der Waals surface area contributed by atoms with Crippen LogP contribution >= 0.6 is 0 Å². The zero-order valence-electron chi connectivity index (χ0n) is 27.6. The molecule has 0 aliphatic heterocycles. The maximum atomic E-state index is 12.9. The number of likely N-dealkylation sites (N-methyl/N-ethyl adjacent to an activating group) is 1. The molecule has 0 saturated heterocycles. The SMILES string of the molecule is CC(C)C1CC[C@]2(C(=O)O)CC[C@]3(C)C(CCC4[C@@]5(C)CC[C@@H](OC(=O)NCCN(C)C)C(C)(C)C5CC[C@]43C)C12. The van der Waals surface area contributed by atoms with Gasteiger partial charge >= 0.3 is 12.1 Å². The molecule has 1 amide bonds. The maximum Gasteiger partial charge on any atom is 0.407 e. The smallest absolute Gasteiger partial charge is 0.407 e. The van der Waals surface area contributed by atoms with Gasteiger partial charge in [-0.1, -0.05) is 48.5 Å². The molecule has 10 atom stereocenters. The summed E-state index contributed by atoms with van der Waals surface area (Å²) in [4.78, 5) is 27.7. The molecule has 0 aromatic rings. The third kappa shape index (κ3) is 4.49. The molecule has 0 bridgehead atoms. The number of rotatable bonds is 6. The van der Waals surface area contributed by atoms with Gasteiger partial charge in [-0.15, -0.1) is 0 Å². The van der Waals surface area contributed by atoms with Gasteiger partial charge in [0.25, 0.3) is 0 Å². The standard InChI is InChI=1S/C35H60N2O4/c1-22(2)23-12-17-35(29(38)39)19-18-33(6)24(28(23)35)10-11-26-32(5)15-14-27(41-30(40)36-20-21-37(8)9)31(3,4)25(32)13-16-34(26,33)7/h22-28H,10-21H2,1-9H3,(H,36,40)(H,38,39)/t23?,24?,25?,26?,27-,28?,32+,33-,34-,35+/m1/s1. The third-order valence-corrected chi connectivity index (χ3v) is 14.8. The maximum absolute atomic E-state index is 12.9. The highest BCUT2D eigenvalue weighted by atomic mass is 16.6. The predicted molar refractivity (Wildman–Crippen MR) is 163 cm³/mol. The van der Waals surface area contributed by atoms with E-state index >= 15 is 0 Å². The lowest BCUT2D eigenvalue weighted by atomic mass is 9.32. The van der Waals surface area contributed by atoms with Crippen molar-refractivity contribution in [1.29, 1.82) is 0 Å². The highest BCUT2D eigenvalue weighted by Crippen LogP contribution is 2.77. The van der Waals surface area contributed by atoms with Gasteiger partial charge < -0.3 is 20.1 Å². The molecule has 5 unspecified atom stereocenters. The van der Waals surface area contributed by atoms with Gasteiger partial charge in [0.2, 0.25) is 0 Å². The summed E-state index contributed by atoms with van der Waals surface area (Å²) >= 11 is 0. The van der Waals surface area contributed by atoms with Crippen LogP contribution in [0.3, 0.4) is 0 Å². The number of ether oxygens (including phenoxy) is 1. The van der Waals surface area contributed by atoms with Gasteiger partial charge in [0.05, 0.1) is 5.41 Å². The monoisotopic (exact) mass is 572 g/mol. The summed E-state index contributed by atoms with van der Waals surface area (Å²) < 4.78 is 6.14. The first-order valence-corrected chi connectivity index (χ1v) is 16.9. The molecule has 6 heteroatoms. The summed E-state index contributed by atoms with van der Waals surface area (Å²) in [7, 11) is 4.02. The summed E-state index contributed by atoms with van der Waals surface area (Å²) in [6.45, 7) is 18.6. The Morgan fingerprint density at radius 1 is 0.878 bits per heavy atom. The molecular weight excluding hydrogens is 512 g/mol. The van der Waals surface area contributed by atoms with Crippen molar-refractivity contribution in [3.05, 3.63) is 0 Å². The number of carboxylic acids is 1. The highest BCUT2D eigenvalue weighted by Gasteiger charge is 2.72. The van der Waals surface area contributed by atoms with Crippen molar-refractivity contribution in [2.45, 2.75) is 119 Å². The second-order valence-corrected chi connectivity index (χ2v) is 17.1. The number of fused-ring (bicyclic) bond motifs is 7. The van der Waals surface area contributed by atoms with E-state index in [0.717, 1.165) is 45.1 Å². The number of carboxylic acid groups (broad SMARTS) is 1. The molecule has 41 heavy (non-hydrogen) atoms. The first-order chi connectivity index (χ1) is 19.0. The van der Waals surface area contributed by atoms with E-state index in [0.29, 0.717) is 42.1 Å². The molecule has 0 heterocycles. The van der Waals surface area contributed by atoms with Crippen LogP contribution in [0.5, 0.6) is 0 Å². The minimum Gasteiger partial charge on any atom is -0.481 e. The molecule has 0 radical (unpaired) electrons. The molecule has 0 aromatic carbocycles. The number of hydrogen-bond acceptors (Lipinski definition) is 4. The van der Waals surface area contributed by atoms with Crippen LogP contribution in [0.25, 0.3) is 0 Å². The van der Waals surface area contributed by atoms with Crippen LogP contribution in [0.15, 0.2) is 0 Å². The average molecular weight is 573 g/mol. The number of amides is 1. The summed E-state index contributed by atoms with van der Waals surface area (Å²) in [5, 5.41) is 13.6. The number of carbonyl (C=O) groups excluding carboxylic acids is 1. The number of carbonyl (C=O) groups is 2. The Labute approximate surface area is 250 Å². The van der Waals surface area contributed by atoms with E-state index in [4.69, 9.17) is 4.74 Å². The predicted octanol–water partition coefficient (Wildman–Crippen LogP) is 7.46. The van der Waals surface area contributed by atoms with Crippen LogP contribution in [0, 0.1) is 62.6 Å². The fraction of sp³-hybridized carbons (Fsp3) is 0.943. The van der Waals surface area contributed by atoms with Gasteiger partial charge in [-0.3, -0.25) is 4.79 Å². The average Bonchev–Trinajstić information content (AvgIpc) is 3.27. The number of nitrogens with zero attached hydrogens (tertiary/aromatic N) is 1. The quantitative estimate of drug-likeness (QED) is 0.345. The normalized spacial score (nSPS) is 46.7. The first kappa shape index (κ1) is 31.1. The molecule has 0 spiro atoms. The van der Waals surface area contributed by atoms with E-state index in [9.17, 15) is 14.7 Å². The van der Waals surface area contributed by atoms with Crippen molar-refractivity contribution < 1.29 is 19.4 Å². The molecule has 234 valence electrons. The van der Waals surface area contributed by atoms with Crippen molar-refractivity contribution in [2.24, 2.45) is 62.6 Å². The lowest BCUT2D eigenvalue weighted by Crippen LogP contribution is -2.67. The van der Waals surface area contributed by atoms with Crippen LogP contribution in [0.1, 0.15) is 113 Å². The second-order valence-electron chi connectivity index (χ2n) is 17.1. The Hall–Kier alpha value is -1.30. The molecule has 5 aliphatic carbocycles. The fourth-order valence-electron chi connectivity index (χ4n) is 12.5. The van der Waals surface area contributed by atoms with Crippen LogP contribution in [-0.2, 0) is 9.53 Å². The molecule has 2 N–H and O–H groups in total. The number of nitrogens with one attached hydrogen (secondary N) is 1. The Morgan fingerprint density at radius 2 is 1.59 bits per heavy atom. The molecule has 0 aromatic heterocycles. The van der Waals surface area contributed by atoms with Gasteiger partial charge in [0, 0.05) is 18.5 Å². The van der Waals surface area contributed by atoms with Crippen molar-refractivity contribution in [3.63, 3.8) is 0 Å². The Bertz CT molecular complexity index is 1030. The van der Waals surface area contributed by atoms with Crippen molar-refractivity contribution in [2.75, 3.05) is 27.2 Å². The van der Waals surface area contributed by atoms with E-state index in [1.165, 1.54) is 25.7 Å². The van der Waals surface area contributed by atoms with E-state index < -0.39 is 11.4 Å². The number of aliphatic carboxylic acids is 1. The first-order valence-electron chi connectivity index (χ1n) is 16.9. The lowest BCUT2D eigenvalue weighted by molar-refractivity contribution is -0.249. The summed E-state index contributed by atoms with van der Waals surface area (Å²) in [6.07, 6.45) is 10.3. The number of hydrogen-bond donors (Lipinski definition) is 2. The van der Waals surface area contributed by atoms with Crippen molar-refractivity contribution in [3.8, 4) is 0 Å². The van der Waals surface area contributed by atoms with Gasteiger partial charge in [-0.05, 0) is 130 Å². The summed E-state index contributed by atoms with van der Waals surface area (Å²) in [5.74, 6) is 2.51. The van der Waals surface area contributed by atoms with E-state index in [-0.39, 0.29) is 33.9 Å². The minimum absolute atomic E-state index is 0.0626. The van der Waals surface area contributed by atoms with E-state index in [1.807, 2.05) is 14.1 Å². The Kier molecular flexibility index (Phi) is 7.90. The van der Waals surface area contributed by atoms with E-state index in [1.54, 1.807) is 0 Å². The topological polar surface area (TPSA) is 78.9 Å². The van der Waals surface area contributed by atoms with Gasteiger partial charge in [-0.25, -0.2) is 4.79 Å². The molecule has 5 fully saturated rings. The fourth-order valence-corrected chi connectivity index (χ4v) is 12.5.